The van der Waals surface area contributed by atoms with Gasteiger partial charge in [0.2, 0.25) is 5.91 Å². The average Bonchev–Trinajstić information content (AvgIpc) is 2.79. The van der Waals surface area contributed by atoms with E-state index in [0.717, 1.165) is 36.5 Å². The van der Waals surface area contributed by atoms with E-state index in [2.05, 4.69) is 20.3 Å². The minimum atomic E-state index is 0.0416. The molecule has 6 heteroatoms. The van der Waals surface area contributed by atoms with Crippen molar-refractivity contribution < 1.29 is 4.79 Å². The lowest BCUT2D eigenvalue weighted by Crippen LogP contribution is -2.38. The van der Waals surface area contributed by atoms with Gasteiger partial charge in [-0.25, -0.2) is 9.97 Å². The highest BCUT2D eigenvalue weighted by molar-refractivity contribution is 5.91. The molecule has 0 aliphatic carbocycles. The van der Waals surface area contributed by atoms with Gasteiger partial charge in [-0.2, -0.15) is 0 Å². The number of amides is 1. The van der Waals surface area contributed by atoms with Gasteiger partial charge in [0.15, 0.2) is 0 Å². The van der Waals surface area contributed by atoms with E-state index in [0.29, 0.717) is 12.4 Å². The molecule has 3 aromatic rings. The van der Waals surface area contributed by atoms with E-state index >= 15 is 0 Å². The largest absolute Gasteiger partial charge is 0.338 e. The van der Waals surface area contributed by atoms with Crippen LogP contribution < -0.4 is 5.32 Å². The van der Waals surface area contributed by atoms with Crippen LogP contribution in [0.3, 0.4) is 0 Å². The van der Waals surface area contributed by atoms with E-state index < -0.39 is 0 Å². The molecule has 1 N–H and O–H groups in total. The van der Waals surface area contributed by atoms with E-state index in [4.69, 9.17) is 0 Å². The molecule has 1 fully saturated rings. The van der Waals surface area contributed by atoms with Crippen LogP contribution in [0, 0.1) is 0 Å². The zero-order valence-electron chi connectivity index (χ0n) is 16.1. The van der Waals surface area contributed by atoms with Crippen LogP contribution in [0.25, 0.3) is 6.08 Å². The lowest BCUT2D eigenvalue weighted by molar-refractivity contribution is -0.127. The molecule has 1 aromatic carbocycles. The molecule has 4 rings (SSSR count). The van der Waals surface area contributed by atoms with Crippen LogP contribution in [0.15, 0.2) is 73.2 Å². The molecule has 1 amide bonds. The normalized spacial score (nSPS) is 16.7. The Labute approximate surface area is 170 Å². The van der Waals surface area contributed by atoms with Gasteiger partial charge < -0.3 is 10.2 Å². The first-order chi connectivity index (χ1) is 14.3. The monoisotopic (exact) mass is 385 g/mol. The smallest absolute Gasteiger partial charge is 0.246 e. The summed E-state index contributed by atoms with van der Waals surface area (Å²) in [5.41, 5.74) is 1.94. The Morgan fingerprint density at radius 2 is 1.86 bits per heavy atom. The number of likely N-dealkylation sites (tertiary alicyclic amines) is 1. The second-order valence-electron chi connectivity index (χ2n) is 7.03. The standard InChI is InChI=1S/C23H23N5O/c29-23(12-11-18-7-2-1-3-8-18)28-14-6-9-19(17-28)20-15-26-22(16-25-20)27-21-10-4-5-13-24-21/h1-5,7-8,10-13,15-16,19H,6,9,14,17H2,(H,24,26,27)/b12-11+/t19-/m0/s1. The molecular formula is C23H23N5O. The SMILES string of the molecule is O=C(/C=C/c1ccccc1)N1CCC[C@H](c2cnc(Nc3ccccn3)cn2)C1. The fraction of sp³-hybridized carbons (Fsp3) is 0.217. The van der Waals surface area contributed by atoms with Gasteiger partial charge in [-0.05, 0) is 36.6 Å². The Kier molecular flexibility index (Phi) is 5.90. The van der Waals surface area contributed by atoms with Crippen LogP contribution in [-0.2, 0) is 4.79 Å². The predicted molar refractivity (Wildman–Crippen MR) is 114 cm³/mol. The number of benzene rings is 1. The Hall–Kier alpha value is -3.54. The Morgan fingerprint density at radius 1 is 1.00 bits per heavy atom. The molecule has 1 atom stereocenters. The fourth-order valence-electron chi connectivity index (χ4n) is 3.44. The highest BCUT2D eigenvalue weighted by Crippen LogP contribution is 2.26. The first-order valence-electron chi connectivity index (χ1n) is 9.80. The second kappa shape index (κ2) is 9.10. The Balaban J connectivity index is 1.37. The number of hydrogen-bond acceptors (Lipinski definition) is 5. The first kappa shape index (κ1) is 18.8. The third-order valence-corrected chi connectivity index (χ3v) is 4.96. The highest BCUT2D eigenvalue weighted by Gasteiger charge is 2.24. The van der Waals surface area contributed by atoms with Crippen molar-refractivity contribution >= 4 is 23.6 Å². The molecule has 0 spiro atoms. The highest BCUT2D eigenvalue weighted by atomic mass is 16.2. The van der Waals surface area contributed by atoms with Gasteiger partial charge in [-0.3, -0.25) is 9.78 Å². The van der Waals surface area contributed by atoms with Crippen LogP contribution in [0.5, 0.6) is 0 Å². The number of pyridine rings is 1. The molecule has 0 radical (unpaired) electrons. The fourth-order valence-corrected chi connectivity index (χ4v) is 3.44. The summed E-state index contributed by atoms with van der Waals surface area (Å²) in [6, 6.07) is 15.5. The second-order valence-corrected chi connectivity index (χ2v) is 7.03. The number of anilines is 2. The van der Waals surface area contributed by atoms with Gasteiger partial charge in [0.1, 0.15) is 11.6 Å². The molecular weight excluding hydrogens is 362 g/mol. The summed E-state index contributed by atoms with van der Waals surface area (Å²) in [6.07, 6.45) is 10.7. The molecule has 6 nitrogen and oxygen atoms in total. The number of carbonyl (C=O) groups excluding carboxylic acids is 1. The van der Waals surface area contributed by atoms with Crippen LogP contribution in [-0.4, -0.2) is 38.8 Å². The van der Waals surface area contributed by atoms with Crippen molar-refractivity contribution in [1.82, 2.24) is 19.9 Å². The number of nitrogens with zero attached hydrogens (tertiary/aromatic N) is 4. The zero-order valence-corrected chi connectivity index (χ0v) is 16.1. The lowest BCUT2D eigenvalue weighted by atomic mass is 9.95. The van der Waals surface area contributed by atoms with Gasteiger partial charge in [-0.1, -0.05) is 36.4 Å². The van der Waals surface area contributed by atoms with Crippen molar-refractivity contribution in [2.75, 3.05) is 18.4 Å². The summed E-state index contributed by atoms with van der Waals surface area (Å²) >= 11 is 0. The van der Waals surface area contributed by atoms with Gasteiger partial charge in [0.25, 0.3) is 0 Å². The maximum absolute atomic E-state index is 12.6. The van der Waals surface area contributed by atoms with Gasteiger partial charge in [-0.15, -0.1) is 0 Å². The summed E-state index contributed by atoms with van der Waals surface area (Å²) < 4.78 is 0. The first-order valence-corrected chi connectivity index (χ1v) is 9.80. The molecule has 0 saturated carbocycles. The minimum absolute atomic E-state index is 0.0416. The van der Waals surface area contributed by atoms with Crippen molar-refractivity contribution in [1.29, 1.82) is 0 Å². The van der Waals surface area contributed by atoms with Crippen LogP contribution in [0.4, 0.5) is 11.6 Å². The minimum Gasteiger partial charge on any atom is -0.338 e. The summed E-state index contributed by atoms with van der Waals surface area (Å²) in [6.45, 7) is 1.45. The molecule has 146 valence electrons. The van der Waals surface area contributed by atoms with Crippen molar-refractivity contribution in [3.05, 3.63) is 84.5 Å². The topological polar surface area (TPSA) is 71.0 Å². The summed E-state index contributed by atoms with van der Waals surface area (Å²) in [5, 5.41) is 3.13. The molecule has 1 aliphatic rings. The molecule has 3 heterocycles. The van der Waals surface area contributed by atoms with Crippen LogP contribution in [0.2, 0.25) is 0 Å². The summed E-state index contributed by atoms with van der Waals surface area (Å²) in [4.78, 5) is 27.8. The Morgan fingerprint density at radius 3 is 2.62 bits per heavy atom. The molecule has 0 bridgehead atoms. The van der Waals surface area contributed by atoms with Crippen LogP contribution >= 0.6 is 0 Å². The zero-order chi connectivity index (χ0) is 19.9. The van der Waals surface area contributed by atoms with E-state index in [1.165, 1.54) is 0 Å². The molecule has 1 saturated heterocycles. The van der Waals surface area contributed by atoms with Crippen molar-refractivity contribution in [3.63, 3.8) is 0 Å². The van der Waals surface area contributed by atoms with E-state index in [1.807, 2.05) is 59.5 Å². The van der Waals surface area contributed by atoms with E-state index in [1.54, 1.807) is 24.7 Å². The number of hydrogen-bond donors (Lipinski definition) is 1. The lowest BCUT2D eigenvalue weighted by Gasteiger charge is -2.31. The average molecular weight is 385 g/mol. The molecule has 1 aliphatic heterocycles. The van der Waals surface area contributed by atoms with Gasteiger partial charge in [0.05, 0.1) is 18.1 Å². The Bertz CT molecular complexity index is 958. The number of aromatic nitrogens is 3. The predicted octanol–water partition coefficient (Wildman–Crippen LogP) is 4.03. The van der Waals surface area contributed by atoms with Crippen molar-refractivity contribution in [3.8, 4) is 0 Å². The maximum Gasteiger partial charge on any atom is 0.246 e. The van der Waals surface area contributed by atoms with Crippen molar-refractivity contribution in [2.45, 2.75) is 18.8 Å². The summed E-state index contributed by atoms with van der Waals surface area (Å²) in [7, 11) is 0. The number of rotatable bonds is 5. The number of carbonyl (C=O) groups is 1. The quantitative estimate of drug-likeness (QED) is 0.671. The maximum atomic E-state index is 12.6. The van der Waals surface area contributed by atoms with Crippen molar-refractivity contribution in [2.24, 2.45) is 0 Å². The molecule has 29 heavy (non-hydrogen) atoms. The summed E-state index contributed by atoms with van der Waals surface area (Å²) in [5.74, 6) is 1.63. The molecule has 0 unspecified atom stereocenters. The van der Waals surface area contributed by atoms with Crippen LogP contribution in [0.1, 0.15) is 30.0 Å². The number of nitrogens with one attached hydrogen (secondary N) is 1. The molecule has 2 aromatic heterocycles. The van der Waals surface area contributed by atoms with Gasteiger partial charge >= 0.3 is 0 Å². The third-order valence-electron chi connectivity index (χ3n) is 4.96. The third kappa shape index (κ3) is 5.04. The number of piperidine rings is 1. The van der Waals surface area contributed by atoms with E-state index in [9.17, 15) is 4.79 Å². The van der Waals surface area contributed by atoms with Gasteiger partial charge in [0, 0.05) is 31.3 Å². The van der Waals surface area contributed by atoms with E-state index in [-0.39, 0.29) is 11.8 Å².